The molecule has 0 radical (unpaired) electrons. The summed E-state index contributed by atoms with van der Waals surface area (Å²) in [5.41, 5.74) is 0.473. The van der Waals surface area contributed by atoms with Crippen LogP contribution in [0.25, 0.3) is 5.69 Å². The molecular formula is C22H23F3N4O4S. The maximum atomic E-state index is 13.8. The van der Waals surface area contributed by atoms with Gasteiger partial charge in [-0.15, -0.1) is 0 Å². The summed E-state index contributed by atoms with van der Waals surface area (Å²) in [6.45, 7) is 3.05. The number of rotatable bonds is 7. The Morgan fingerprint density at radius 2 is 1.82 bits per heavy atom. The molecule has 2 aromatic carbocycles. The van der Waals surface area contributed by atoms with Gasteiger partial charge in [-0.05, 0) is 62.9 Å². The number of sulfonamides is 1. The van der Waals surface area contributed by atoms with Gasteiger partial charge < -0.3 is 10.1 Å². The first-order valence-corrected chi connectivity index (χ1v) is 11.5. The standard InChI is InChI=1S/C22H23F3N4O4S/c1-13-9-14(2)29(28-13)17-7-5-16(18(11-17)22(23,24)25)12-27-21(30)15-6-8-19(33-4)20(10-15)34(31,32)26-3/h5-11,26H,12H2,1-4H3,(H,27,30). The molecule has 0 fully saturated rings. The number of hydrogen-bond acceptors (Lipinski definition) is 5. The van der Waals surface area contributed by atoms with E-state index in [9.17, 15) is 26.4 Å². The number of halogens is 3. The van der Waals surface area contributed by atoms with Gasteiger partial charge in [-0.2, -0.15) is 18.3 Å². The number of ether oxygens (including phenoxy) is 1. The molecule has 1 heterocycles. The molecule has 3 rings (SSSR count). The predicted molar refractivity (Wildman–Crippen MR) is 118 cm³/mol. The number of carbonyl (C=O) groups is 1. The average Bonchev–Trinajstić information content (AvgIpc) is 3.14. The maximum Gasteiger partial charge on any atom is 0.416 e. The molecule has 2 N–H and O–H groups in total. The van der Waals surface area contributed by atoms with Crippen LogP contribution in [0.3, 0.4) is 0 Å². The van der Waals surface area contributed by atoms with Crippen molar-refractivity contribution in [3.05, 3.63) is 70.5 Å². The van der Waals surface area contributed by atoms with E-state index in [2.05, 4.69) is 15.1 Å². The molecule has 0 aliphatic carbocycles. The first-order valence-electron chi connectivity index (χ1n) is 10.0. The Morgan fingerprint density at radius 1 is 1.12 bits per heavy atom. The van der Waals surface area contributed by atoms with E-state index in [1.807, 2.05) is 0 Å². The van der Waals surface area contributed by atoms with Crippen LogP contribution >= 0.6 is 0 Å². The summed E-state index contributed by atoms with van der Waals surface area (Å²) in [7, 11) is -1.45. The second-order valence-electron chi connectivity index (χ2n) is 7.43. The highest BCUT2D eigenvalue weighted by molar-refractivity contribution is 7.89. The number of benzene rings is 2. The normalized spacial score (nSPS) is 12.0. The Hall–Kier alpha value is -3.38. The Morgan fingerprint density at radius 3 is 2.38 bits per heavy atom. The highest BCUT2D eigenvalue weighted by atomic mass is 32.2. The highest BCUT2D eigenvalue weighted by Gasteiger charge is 2.34. The summed E-state index contributed by atoms with van der Waals surface area (Å²) in [5, 5.41) is 6.63. The van der Waals surface area contributed by atoms with E-state index in [0.29, 0.717) is 11.4 Å². The van der Waals surface area contributed by atoms with E-state index < -0.39 is 34.2 Å². The summed E-state index contributed by atoms with van der Waals surface area (Å²) in [6, 6.07) is 9.20. The largest absolute Gasteiger partial charge is 0.495 e. The number of alkyl halides is 3. The van der Waals surface area contributed by atoms with Crippen LogP contribution in [0.5, 0.6) is 5.75 Å². The van der Waals surface area contributed by atoms with E-state index in [-0.39, 0.29) is 27.5 Å². The average molecular weight is 497 g/mol. The minimum atomic E-state index is -4.67. The minimum absolute atomic E-state index is 0.0185. The highest BCUT2D eigenvalue weighted by Crippen LogP contribution is 2.34. The van der Waals surface area contributed by atoms with E-state index in [1.54, 1.807) is 19.9 Å². The van der Waals surface area contributed by atoms with Crippen LogP contribution in [0.4, 0.5) is 13.2 Å². The Labute approximate surface area is 194 Å². The molecule has 182 valence electrons. The zero-order chi connectivity index (χ0) is 25.3. The van der Waals surface area contributed by atoms with Crippen molar-refractivity contribution in [1.29, 1.82) is 0 Å². The second-order valence-corrected chi connectivity index (χ2v) is 9.29. The first-order chi connectivity index (χ1) is 15.9. The summed E-state index contributed by atoms with van der Waals surface area (Å²) in [5.74, 6) is -0.726. The molecule has 0 unspecified atom stereocenters. The molecule has 1 amide bonds. The molecule has 12 heteroatoms. The smallest absolute Gasteiger partial charge is 0.416 e. The molecule has 1 aromatic heterocycles. The van der Waals surface area contributed by atoms with Gasteiger partial charge in [-0.1, -0.05) is 6.07 Å². The lowest BCUT2D eigenvalue weighted by molar-refractivity contribution is -0.138. The van der Waals surface area contributed by atoms with E-state index in [4.69, 9.17) is 4.74 Å². The third-order valence-corrected chi connectivity index (χ3v) is 6.51. The van der Waals surface area contributed by atoms with Crippen molar-refractivity contribution in [1.82, 2.24) is 19.8 Å². The minimum Gasteiger partial charge on any atom is -0.495 e. The summed E-state index contributed by atoms with van der Waals surface area (Å²) < 4.78 is 74.3. The molecule has 8 nitrogen and oxygen atoms in total. The topological polar surface area (TPSA) is 102 Å². The van der Waals surface area contributed by atoms with E-state index >= 15 is 0 Å². The molecule has 0 saturated carbocycles. The Kier molecular flexibility index (Phi) is 7.03. The summed E-state index contributed by atoms with van der Waals surface area (Å²) in [6.07, 6.45) is -4.67. The number of hydrogen-bond donors (Lipinski definition) is 2. The van der Waals surface area contributed by atoms with Gasteiger partial charge in [0.1, 0.15) is 10.6 Å². The predicted octanol–water partition coefficient (Wildman–Crippen LogP) is 3.35. The van der Waals surface area contributed by atoms with Crippen molar-refractivity contribution in [2.24, 2.45) is 0 Å². The number of carbonyl (C=O) groups excluding carboxylic acids is 1. The van der Waals surface area contributed by atoms with Gasteiger partial charge in [0.25, 0.3) is 5.91 Å². The fourth-order valence-corrected chi connectivity index (χ4v) is 4.34. The molecule has 3 aromatic rings. The van der Waals surface area contributed by atoms with Crippen molar-refractivity contribution < 1.29 is 31.1 Å². The van der Waals surface area contributed by atoms with Crippen molar-refractivity contribution in [3.63, 3.8) is 0 Å². The molecule has 0 saturated heterocycles. The van der Waals surface area contributed by atoms with Gasteiger partial charge in [0.15, 0.2) is 0 Å². The lowest BCUT2D eigenvalue weighted by Crippen LogP contribution is -2.25. The lowest BCUT2D eigenvalue weighted by atomic mass is 10.1. The van der Waals surface area contributed by atoms with Crippen LogP contribution in [0, 0.1) is 13.8 Å². The molecule has 0 aliphatic rings. The van der Waals surface area contributed by atoms with Gasteiger partial charge in [0.05, 0.1) is 24.1 Å². The second kappa shape index (κ2) is 9.47. The molecular weight excluding hydrogens is 473 g/mol. The zero-order valence-electron chi connectivity index (χ0n) is 18.8. The number of aryl methyl sites for hydroxylation is 2. The van der Waals surface area contributed by atoms with Gasteiger partial charge in [0.2, 0.25) is 10.0 Å². The summed E-state index contributed by atoms with van der Waals surface area (Å²) in [4.78, 5) is 12.4. The zero-order valence-corrected chi connectivity index (χ0v) is 19.6. The van der Waals surface area contributed by atoms with Gasteiger partial charge in [0, 0.05) is 17.8 Å². The van der Waals surface area contributed by atoms with Crippen LogP contribution in [0.2, 0.25) is 0 Å². The Balaban J connectivity index is 1.90. The number of methoxy groups -OCH3 is 1. The van der Waals surface area contributed by atoms with Crippen LogP contribution in [0.15, 0.2) is 47.4 Å². The molecule has 0 aliphatic heterocycles. The van der Waals surface area contributed by atoms with Gasteiger partial charge in [-0.3, -0.25) is 4.79 Å². The van der Waals surface area contributed by atoms with Crippen molar-refractivity contribution in [3.8, 4) is 11.4 Å². The number of aromatic nitrogens is 2. The van der Waals surface area contributed by atoms with Crippen LogP contribution < -0.4 is 14.8 Å². The molecule has 0 atom stereocenters. The number of nitrogens with zero attached hydrogens (tertiary/aromatic N) is 2. The van der Waals surface area contributed by atoms with Crippen LogP contribution in [-0.2, 0) is 22.7 Å². The van der Waals surface area contributed by atoms with Gasteiger partial charge >= 0.3 is 6.18 Å². The van der Waals surface area contributed by atoms with Crippen molar-refractivity contribution in [2.45, 2.75) is 31.5 Å². The van der Waals surface area contributed by atoms with Crippen molar-refractivity contribution in [2.75, 3.05) is 14.2 Å². The monoisotopic (exact) mass is 496 g/mol. The van der Waals surface area contributed by atoms with Crippen LogP contribution in [0.1, 0.15) is 32.9 Å². The van der Waals surface area contributed by atoms with E-state index in [0.717, 1.165) is 12.1 Å². The van der Waals surface area contributed by atoms with Crippen molar-refractivity contribution >= 4 is 15.9 Å². The molecule has 0 spiro atoms. The summed E-state index contributed by atoms with van der Waals surface area (Å²) >= 11 is 0. The first kappa shape index (κ1) is 25.2. The SMILES string of the molecule is CNS(=O)(=O)c1cc(C(=O)NCc2ccc(-n3nc(C)cc3C)cc2C(F)(F)F)ccc1OC. The fourth-order valence-electron chi connectivity index (χ4n) is 3.42. The third-order valence-electron chi connectivity index (χ3n) is 5.08. The van der Waals surface area contributed by atoms with Gasteiger partial charge in [-0.25, -0.2) is 17.8 Å². The molecule has 0 bridgehead atoms. The Bertz CT molecular complexity index is 1330. The fraction of sp³-hybridized carbons (Fsp3) is 0.273. The third kappa shape index (κ3) is 5.23. The quantitative estimate of drug-likeness (QED) is 0.522. The number of amides is 1. The maximum absolute atomic E-state index is 13.8. The number of nitrogens with one attached hydrogen (secondary N) is 2. The van der Waals surface area contributed by atoms with Crippen LogP contribution in [-0.4, -0.2) is 38.3 Å². The molecule has 34 heavy (non-hydrogen) atoms. The van der Waals surface area contributed by atoms with E-state index in [1.165, 1.54) is 43.1 Å². The lowest BCUT2D eigenvalue weighted by Gasteiger charge is -2.16.